The zero-order valence-electron chi connectivity index (χ0n) is 9.21. The summed E-state index contributed by atoms with van der Waals surface area (Å²) in [5.41, 5.74) is 0. The van der Waals surface area contributed by atoms with Crippen LogP contribution in [0.5, 0.6) is 0 Å². The van der Waals surface area contributed by atoms with Gasteiger partial charge in [0.2, 0.25) is 0 Å². The Morgan fingerprint density at radius 3 is 3.00 bits per heavy atom. The van der Waals surface area contributed by atoms with Crippen molar-refractivity contribution >= 4 is 29.8 Å². The second-order valence-corrected chi connectivity index (χ2v) is 4.55. The van der Waals surface area contributed by atoms with Crippen LogP contribution in [-0.2, 0) is 0 Å². The summed E-state index contributed by atoms with van der Waals surface area (Å²) in [4.78, 5) is 14.6. The van der Waals surface area contributed by atoms with Gasteiger partial charge in [0.25, 0.3) is 5.91 Å². The highest BCUT2D eigenvalue weighted by Crippen LogP contribution is 2.14. The highest BCUT2D eigenvalue weighted by Gasteiger charge is 2.29. The molecule has 1 saturated heterocycles. The van der Waals surface area contributed by atoms with Crippen LogP contribution in [-0.4, -0.2) is 45.6 Å². The van der Waals surface area contributed by atoms with E-state index in [1.807, 2.05) is 4.90 Å². The van der Waals surface area contributed by atoms with Gasteiger partial charge in [-0.05, 0) is 25.4 Å². The number of carbonyl (C=O) groups is 1. The van der Waals surface area contributed by atoms with Gasteiger partial charge < -0.3 is 10.2 Å². The molecule has 1 amide bonds. The predicted molar refractivity (Wildman–Crippen MR) is 65.1 cm³/mol. The number of halogens is 1. The fourth-order valence-corrected chi connectivity index (χ4v) is 2.22. The number of piperazine rings is 1. The molecule has 0 bridgehead atoms. The molecule has 1 aliphatic rings. The normalized spacial score (nSPS) is 25.0. The number of aromatic nitrogens is 2. The van der Waals surface area contributed by atoms with Crippen LogP contribution in [0.4, 0.5) is 0 Å². The lowest BCUT2D eigenvalue weighted by atomic mass is 10.1. The second-order valence-electron chi connectivity index (χ2n) is 3.76. The molecule has 1 aromatic rings. The molecule has 2 atom stereocenters. The van der Waals surface area contributed by atoms with E-state index in [0.717, 1.165) is 24.6 Å². The van der Waals surface area contributed by atoms with E-state index in [-0.39, 0.29) is 24.4 Å². The Morgan fingerprint density at radius 2 is 2.38 bits per heavy atom. The smallest absolute Gasteiger partial charge is 0.267 e. The van der Waals surface area contributed by atoms with Gasteiger partial charge in [0.05, 0.1) is 6.20 Å². The molecule has 0 spiro atoms. The number of amides is 1. The Bertz CT molecular complexity index is 345. The predicted octanol–water partition coefficient (Wildman–Crippen LogP) is 0.782. The zero-order chi connectivity index (χ0) is 10.8. The van der Waals surface area contributed by atoms with Crippen LogP contribution in [0.15, 0.2) is 6.20 Å². The molecule has 2 rings (SSSR count). The molecular formula is C9H15ClN4OS. The SMILES string of the molecule is CC1NCCN(C(=O)c2cnns2)C1C.Cl. The molecule has 0 aliphatic carbocycles. The van der Waals surface area contributed by atoms with Gasteiger partial charge in [-0.25, -0.2) is 0 Å². The number of carbonyl (C=O) groups excluding carboxylic acids is 1. The average Bonchev–Trinajstić information content (AvgIpc) is 2.74. The Labute approximate surface area is 105 Å². The van der Waals surface area contributed by atoms with Gasteiger partial charge in [-0.3, -0.25) is 4.79 Å². The molecule has 1 N–H and O–H groups in total. The Morgan fingerprint density at radius 1 is 1.62 bits per heavy atom. The van der Waals surface area contributed by atoms with Gasteiger partial charge in [-0.15, -0.1) is 17.5 Å². The van der Waals surface area contributed by atoms with Crippen LogP contribution in [0, 0.1) is 0 Å². The topological polar surface area (TPSA) is 58.1 Å². The molecule has 1 fully saturated rings. The zero-order valence-corrected chi connectivity index (χ0v) is 10.8. The van der Waals surface area contributed by atoms with Gasteiger partial charge in [0.15, 0.2) is 0 Å². The third-order valence-corrected chi connectivity index (χ3v) is 3.52. The minimum Gasteiger partial charge on any atom is -0.332 e. The summed E-state index contributed by atoms with van der Waals surface area (Å²) in [6.07, 6.45) is 1.53. The first-order chi connectivity index (χ1) is 7.20. The third-order valence-electron chi connectivity index (χ3n) is 2.87. The van der Waals surface area contributed by atoms with Crippen molar-refractivity contribution in [2.45, 2.75) is 25.9 Å². The molecule has 0 saturated carbocycles. The first kappa shape index (κ1) is 13.3. The third kappa shape index (κ3) is 2.50. The Kier molecular flexibility index (Phi) is 4.64. The van der Waals surface area contributed by atoms with Gasteiger partial charge in [0.1, 0.15) is 4.88 Å². The summed E-state index contributed by atoms with van der Waals surface area (Å²) in [7, 11) is 0. The first-order valence-electron chi connectivity index (χ1n) is 5.02. The lowest BCUT2D eigenvalue weighted by Crippen LogP contribution is -2.57. The highest BCUT2D eigenvalue weighted by atomic mass is 35.5. The number of nitrogens with one attached hydrogen (secondary N) is 1. The molecule has 0 aromatic carbocycles. The highest BCUT2D eigenvalue weighted by molar-refractivity contribution is 7.07. The summed E-state index contributed by atoms with van der Waals surface area (Å²) in [6.45, 7) is 5.75. The van der Waals surface area contributed by atoms with Crippen molar-refractivity contribution in [3.63, 3.8) is 0 Å². The van der Waals surface area contributed by atoms with Gasteiger partial charge in [-0.2, -0.15) is 0 Å². The van der Waals surface area contributed by atoms with E-state index in [9.17, 15) is 4.79 Å². The first-order valence-corrected chi connectivity index (χ1v) is 5.79. The Hall–Kier alpha value is -0.720. The number of hydrogen-bond acceptors (Lipinski definition) is 5. The maximum absolute atomic E-state index is 12.0. The van der Waals surface area contributed by atoms with Gasteiger partial charge in [-0.1, -0.05) is 4.49 Å². The monoisotopic (exact) mass is 262 g/mol. The molecule has 0 radical (unpaired) electrons. The molecule has 2 heterocycles. The van der Waals surface area contributed by atoms with Crippen molar-refractivity contribution < 1.29 is 4.79 Å². The van der Waals surface area contributed by atoms with Crippen LogP contribution in [0.2, 0.25) is 0 Å². The maximum Gasteiger partial charge on any atom is 0.267 e. The van der Waals surface area contributed by atoms with Gasteiger partial charge in [0, 0.05) is 25.2 Å². The van der Waals surface area contributed by atoms with Crippen LogP contribution in [0.25, 0.3) is 0 Å². The van der Waals surface area contributed by atoms with Crippen molar-refractivity contribution in [2.75, 3.05) is 13.1 Å². The van der Waals surface area contributed by atoms with Crippen molar-refractivity contribution in [3.8, 4) is 0 Å². The minimum absolute atomic E-state index is 0. The van der Waals surface area contributed by atoms with Crippen LogP contribution < -0.4 is 5.32 Å². The molecule has 16 heavy (non-hydrogen) atoms. The summed E-state index contributed by atoms with van der Waals surface area (Å²) < 4.78 is 3.71. The minimum atomic E-state index is 0. The summed E-state index contributed by atoms with van der Waals surface area (Å²) in [5.74, 6) is 0.0471. The molecule has 5 nitrogen and oxygen atoms in total. The average molecular weight is 263 g/mol. The van der Waals surface area contributed by atoms with Crippen LogP contribution in [0.1, 0.15) is 23.5 Å². The second kappa shape index (κ2) is 5.56. The van der Waals surface area contributed by atoms with Crippen molar-refractivity contribution in [2.24, 2.45) is 0 Å². The van der Waals surface area contributed by atoms with E-state index >= 15 is 0 Å². The van der Waals surface area contributed by atoms with E-state index in [1.54, 1.807) is 0 Å². The summed E-state index contributed by atoms with van der Waals surface area (Å²) in [6, 6.07) is 0.553. The largest absolute Gasteiger partial charge is 0.332 e. The van der Waals surface area contributed by atoms with E-state index in [4.69, 9.17) is 0 Å². The molecular weight excluding hydrogens is 248 g/mol. The quantitative estimate of drug-likeness (QED) is 0.813. The molecule has 2 unspecified atom stereocenters. The maximum atomic E-state index is 12.0. The molecule has 90 valence electrons. The van der Waals surface area contributed by atoms with Crippen LogP contribution in [0.3, 0.4) is 0 Å². The van der Waals surface area contributed by atoms with Crippen molar-refractivity contribution in [3.05, 3.63) is 11.1 Å². The molecule has 1 aromatic heterocycles. The number of hydrogen-bond donors (Lipinski definition) is 1. The summed E-state index contributed by atoms with van der Waals surface area (Å²) in [5, 5.41) is 7.03. The van der Waals surface area contributed by atoms with E-state index in [2.05, 4.69) is 28.8 Å². The lowest BCUT2D eigenvalue weighted by molar-refractivity contribution is 0.0607. The molecule has 1 aliphatic heterocycles. The van der Waals surface area contributed by atoms with Crippen molar-refractivity contribution in [1.29, 1.82) is 0 Å². The van der Waals surface area contributed by atoms with Crippen LogP contribution >= 0.6 is 23.9 Å². The fourth-order valence-electron chi connectivity index (χ4n) is 1.75. The standard InChI is InChI=1S/C9H14N4OS.ClH/c1-6-7(2)13(4-3-10-6)9(14)8-5-11-12-15-8;/h5-7,10H,3-4H2,1-2H3;1H. The lowest BCUT2D eigenvalue weighted by Gasteiger charge is -2.38. The van der Waals surface area contributed by atoms with E-state index in [1.165, 1.54) is 6.20 Å². The molecule has 7 heteroatoms. The van der Waals surface area contributed by atoms with Crippen molar-refractivity contribution in [1.82, 2.24) is 19.8 Å². The number of nitrogens with zero attached hydrogens (tertiary/aromatic N) is 3. The van der Waals surface area contributed by atoms with Gasteiger partial charge >= 0.3 is 0 Å². The van der Waals surface area contributed by atoms with E-state index in [0.29, 0.717) is 10.9 Å². The fraction of sp³-hybridized carbons (Fsp3) is 0.667. The summed E-state index contributed by atoms with van der Waals surface area (Å²) >= 11 is 1.16. The van der Waals surface area contributed by atoms with E-state index < -0.39 is 0 Å². The Balaban J connectivity index is 0.00000128. The number of rotatable bonds is 1.